The van der Waals surface area contributed by atoms with Crippen LogP contribution < -0.4 is 0 Å². The first-order valence-electron chi connectivity index (χ1n) is 7.73. The van der Waals surface area contributed by atoms with Crippen molar-refractivity contribution in [1.29, 1.82) is 0 Å². The van der Waals surface area contributed by atoms with Crippen LogP contribution in [0.1, 0.15) is 23.0 Å². The van der Waals surface area contributed by atoms with Crippen molar-refractivity contribution in [3.8, 4) is 22.4 Å². The van der Waals surface area contributed by atoms with Crippen LogP contribution in [-0.4, -0.2) is 17.6 Å². The molecule has 3 heteroatoms. The number of benzene rings is 2. The average molecular weight is 305 g/mol. The minimum absolute atomic E-state index is 0.315. The second-order valence-electron chi connectivity index (χ2n) is 5.33. The maximum absolute atomic E-state index is 12.2. The van der Waals surface area contributed by atoms with Crippen molar-refractivity contribution in [2.24, 2.45) is 0 Å². The highest BCUT2D eigenvalue weighted by molar-refractivity contribution is 5.96. The van der Waals surface area contributed by atoms with Crippen molar-refractivity contribution in [1.82, 2.24) is 4.98 Å². The highest BCUT2D eigenvalue weighted by atomic mass is 16.5. The topological polar surface area (TPSA) is 42.1 Å². The molecule has 3 nitrogen and oxygen atoms in total. The number of carbonyl (C=O) groups excluding carboxylic acids is 1. The lowest BCUT2D eigenvalue weighted by Crippen LogP contribution is -2.06. The molecule has 0 saturated carbocycles. The van der Waals surface area contributed by atoms with Gasteiger partial charge in [0.25, 0.3) is 0 Å². The smallest absolute Gasteiger partial charge is 0.355 e. The third-order valence-electron chi connectivity index (χ3n) is 3.85. The summed E-state index contributed by atoms with van der Waals surface area (Å²) in [5.74, 6) is -0.315. The van der Waals surface area contributed by atoms with Crippen molar-refractivity contribution in [3.05, 3.63) is 71.9 Å². The lowest BCUT2D eigenvalue weighted by atomic mass is 9.98. The van der Waals surface area contributed by atoms with Crippen molar-refractivity contribution >= 4 is 5.97 Å². The van der Waals surface area contributed by atoms with Gasteiger partial charge >= 0.3 is 5.97 Å². The summed E-state index contributed by atoms with van der Waals surface area (Å²) in [5.41, 5.74) is 5.54. The molecule has 0 saturated heterocycles. The predicted octanol–water partition coefficient (Wildman–Crippen LogP) is 4.83. The number of esters is 1. The van der Waals surface area contributed by atoms with E-state index in [0.29, 0.717) is 12.3 Å². The Morgan fingerprint density at radius 1 is 0.957 bits per heavy atom. The van der Waals surface area contributed by atoms with Gasteiger partial charge in [-0.3, -0.25) is 0 Å². The first-order valence-corrected chi connectivity index (χ1v) is 7.73. The molecule has 1 N–H and O–H groups in total. The number of hydrogen-bond acceptors (Lipinski definition) is 2. The molecule has 0 unspecified atom stereocenters. The average Bonchev–Trinajstić information content (AvgIpc) is 2.94. The standard InChI is InChI=1S/C20H19NO2/c1-3-23-20(22)18-14(2)17(15-10-6-4-7-11-15)19(21-18)16-12-8-5-9-13-16/h4-13,21H,3H2,1-2H3. The molecule has 0 spiro atoms. The van der Waals surface area contributed by atoms with E-state index in [2.05, 4.69) is 17.1 Å². The van der Waals surface area contributed by atoms with E-state index in [9.17, 15) is 4.79 Å². The number of nitrogens with one attached hydrogen (secondary N) is 1. The van der Waals surface area contributed by atoms with Crippen molar-refractivity contribution in [2.75, 3.05) is 6.61 Å². The fourth-order valence-corrected chi connectivity index (χ4v) is 2.79. The minimum Gasteiger partial charge on any atom is -0.461 e. The molecule has 23 heavy (non-hydrogen) atoms. The Labute approximate surface area is 135 Å². The second-order valence-corrected chi connectivity index (χ2v) is 5.33. The molecular weight excluding hydrogens is 286 g/mol. The van der Waals surface area contributed by atoms with Crippen LogP contribution in [0.25, 0.3) is 22.4 Å². The van der Waals surface area contributed by atoms with Crippen LogP contribution in [0.5, 0.6) is 0 Å². The van der Waals surface area contributed by atoms with Gasteiger partial charge < -0.3 is 9.72 Å². The molecular formula is C20H19NO2. The number of rotatable bonds is 4. The number of H-pyrrole nitrogens is 1. The van der Waals surface area contributed by atoms with Crippen molar-refractivity contribution in [2.45, 2.75) is 13.8 Å². The monoisotopic (exact) mass is 305 g/mol. The van der Waals surface area contributed by atoms with Crippen LogP contribution in [0, 0.1) is 6.92 Å². The van der Waals surface area contributed by atoms with E-state index in [-0.39, 0.29) is 5.97 Å². The van der Waals surface area contributed by atoms with E-state index in [4.69, 9.17) is 4.74 Å². The van der Waals surface area contributed by atoms with E-state index in [1.54, 1.807) is 0 Å². The number of aromatic nitrogens is 1. The molecule has 3 rings (SSSR count). The molecule has 0 aliphatic rings. The highest BCUT2D eigenvalue weighted by Gasteiger charge is 2.21. The van der Waals surface area contributed by atoms with Crippen molar-refractivity contribution < 1.29 is 9.53 Å². The van der Waals surface area contributed by atoms with Crippen molar-refractivity contribution in [3.63, 3.8) is 0 Å². The lowest BCUT2D eigenvalue weighted by Gasteiger charge is -2.06. The number of hydrogen-bond donors (Lipinski definition) is 1. The predicted molar refractivity (Wildman–Crippen MR) is 92.4 cm³/mol. The van der Waals surface area contributed by atoms with Gasteiger partial charge in [-0.15, -0.1) is 0 Å². The minimum atomic E-state index is -0.315. The Bertz CT molecular complexity index is 804. The zero-order valence-electron chi connectivity index (χ0n) is 13.3. The highest BCUT2D eigenvalue weighted by Crippen LogP contribution is 2.36. The summed E-state index contributed by atoms with van der Waals surface area (Å²) in [6.45, 7) is 4.13. The summed E-state index contributed by atoms with van der Waals surface area (Å²) >= 11 is 0. The molecule has 0 bridgehead atoms. The van der Waals surface area contributed by atoms with Crippen LogP contribution in [0.15, 0.2) is 60.7 Å². The summed E-state index contributed by atoms with van der Waals surface area (Å²) in [5, 5.41) is 0. The van der Waals surface area contributed by atoms with Crippen LogP contribution in [0.2, 0.25) is 0 Å². The normalized spacial score (nSPS) is 10.5. The zero-order valence-corrected chi connectivity index (χ0v) is 13.3. The van der Waals surface area contributed by atoms with Gasteiger partial charge in [0.2, 0.25) is 0 Å². The summed E-state index contributed by atoms with van der Waals surface area (Å²) in [6.07, 6.45) is 0. The quantitative estimate of drug-likeness (QED) is 0.701. The summed E-state index contributed by atoms with van der Waals surface area (Å²) in [4.78, 5) is 15.5. The molecule has 0 radical (unpaired) electrons. The van der Waals surface area contributed by atoms with Crippen LogP contribution >= 0.6 is 0 Å². The Hall–Kier alpha value is -2.81. The SMILES string of the molecule is CCOC(=O)c1[nH]c(-c2ccccc2)c(-c2ccccc2)c1C. The van der Waals surface area contributed by atoms with Gasteiger partial charge in [-0.25, -0.2) is 4.79 Å². The van der Waals surface area contributed by atoms with Gasteiger partial charge in [0.1, 0.15) is 5.69 Å². The first kappa shape index (κ1) is 15.1. The second kappa shape index (κ2) is 6.53. The van der Waals surface area contributed by atoms with E-state index < -0.39 is 0 Å². The maximum Gasteiger partial charge on any atom is 0.355 e. The molecule has 2 aromatic carbocycles. The molecule has 1 aromatic heterocycles. The fourth-order valence-electron chi connectivity index (χ4n) is 2.79. The number of ether oxygens (including phenoxy) is 1. The van der Waals surface area contributed by atoms with E-state index in [0.717, 1.165) is 27.9 Å². The van der Waals surface area contributed by atoms with Crippen LogP contribution in [0.3, 0.4) is 0 Å². The lowest BCUT2D eigenvalue weighted by molar-refractivity contribution is 0.0519. The summed E-state index contributed by atoms with van der Waals surface area (Å²) in [6, 6.07) is 20.1. The van der Waals surface area contributed by atoms with Gasteiger partial charge in [0.15, 0.2) is 0 Å². The number of carbonyl (C=O) groups is 1. The molecule has 0 aliphatic carbocycles. The van der Waals surface area contributed by atoms with E-state index >= 15 is 0 Å². The largest absolute Gasteiger partial charge is 0.461 e. The third kappa shape index (κ3) is 2.90. The van der Waals surface area contributed by atoms with Gasteiger partial charge in [-0.1, -0.05) is 60.7 Å². The molecule has 0 fully saturated rings. The van der Waals surface area contributed by atoms with Gasteiger partial charge in [-0.05, 0) is 30.5 Å². The molecule has 0 aliphatic heterocycles. The Morgan fingerprint density at radius 2 is 1.52 bits per heavy atom. The zero-order chi connectivity index (χ0) is 16.2. The molecule has 0 amide bonds. The van der Waals surface area contributed by atoms with Gasteiger partial charge in [0.05, 0.1) is 12.3 Å². The Morgan fingerprint density at radius 3 is 2.09 bits per heavy atom. The first-order chi connectivity index (χ1) is 11.2. The molecule has 0 atom stereocenters. The molecule has 116 valence electrons. The Kier molecular flexibility index (Phi) is 4.29. The third-order valence-corrected chi connectivity index (χ3v) is 3.85. The Balaban J connectivity index is 2.21. The summed E-state index contributed by atoms with van der Waals surface area (Å²) in [7, 11) is 0. The summed E-state index contributed by atoms with van der Waals surface area (Å²) < 4.78 is 5.18. The van der Waals surface area contributed by atoms with Gasteiger partial charge in [-0.2, -0.15) is 0 Å². The van der Waals surface area contributed by atoms with Crippen LogP contribution in [-0.2, 0) is 4.74 Å². The maximum atomic E-state index is 12.2. The molecule has 3 aromatic rings. The number of aromatic amines is 1. The van der Waals surface area contributed by atoms with Gasteiger partial charge in [0, 0.05) is 5.56 Å². The van der Waals surface area contributed by atoms with E-state index in [1.807, 2.05) is 62.4 Å². The van der Waals surface area contributed by atoms with E-state index in [1.165, 1.54) is 0 Å². The van der Waals surface area contributed by atoms with Crippen LogP contribution in [0.4, 0.5) is 0 Å². The fraction of sp³-hybridized carbons (Fsp3) is 0.150. The molecule has 1 heterocycles.